The fraction of sp³-hybridized carbons (Fsp3) is 0.0500. The zero-order valence-corrected chi connectivity index (χ0v) is 23.2. The van der Waals surface area contributed by atoms with Crippen molar-refractivity contribution in [2.75, 3.05) is 10.6 Å². The minimum Gasteiger partial charge on any atom is -0.356 e. The SMILES string of the molecule is C1=Cc2c(-c3ccc(Nc4ccccc4)cc3)ccc3c2C2C1=CC=C(c1ccc(Nc4ccccc4)cc1)C2C=C3. The molecule has 2 nitrogen and oxygen atoms in total. The van der Waals surface area contributed by atoms with Gasteiger partial charge in [-0.05, 0) is 93.1 Å². The van der Waals surface area contributed by atoms with Gasteiger partial charge in [0.1, 0.15) is 0 Å². The Bertz CT molecular complexity index is 1890. The quantitative estimate of drug-likeness (QED) is 0.225. The standard InChI is InChI=1S/C40H30N2/c1-3-7-31(8-4-1)41-33-19-11-27(12-20-33)35-23-15-29-18-26-38-36(24-16-30-17-25-37(35)39(29)40(30)38)28-13-21-34(22-14-28)42-32-9-5-2-6-10-32/h1-26,37,39,41-42H. The lowest BCUT2D eigenvalue weighted by Gasteiger charge is -2.39. The highest BCUT2D eigenvalue weighted by molar-refractivity contribution is 5.88. The summed E-state index contributed by atoms with van der Waals surface area (Å²) in [6.45, 7) is 0. The number of benzene rings is 5. The highest BCUT2D eigenvalue weighted by atomic mass is 14.9. The van der Waals surface area contributed by atoms with Gasteiger partial charge in [0.25, 0.3) is 0 Å². The van der Waals surface area contributed by atoms with Gasteiger partial charge in [0.2, 0.25) is 0 Å². The van der Waals surface area contributed by atoms with Crippen molar-refractivity contribution in [3.63, 3.8) is 0 Å². The lowest BCUT2D eigenvalue weighted by atomic mass is 9.64. The van der Waals surface area contributed by atoms with Crippen molar-refractivity contribution in [2.45, 2.75) is 5.92 Å². The summed E-state index contributed by atoms with van der Waals surface area (Å²) in [6, 6.07) is 42.9. The summed E-state index contributed by atoms with van der Waals surface area (Å²) in [5, 5.41) is 7.01. The number of nitrogens with one attached hydrogen (secondary N) is 2. The van der Waals surface area contributed by atoms with Crippen molar-refractivity contribution in [1.82, 2.24) is 0 Å². The van der Waals surface area contributed by atoms with Crippen molar-refractivity contribution >= 4 is 40.5 Å². The summed E-state index contributed by atoms with van der Waals surface area (Å²) in [7, 11) is 0. The Morgan fingerprint density at radius 2 is 1.07 bits per heavy atom. The van der Waals surface area contributed by atoms with Gasteiger partial charge < -0.3 is 10.6 Å². The molecule has 0 radical (unpaired) electrons. The predicted octanol–water partition coefficient (Wildman–Crippen LogP) is 10.6. The van der Waals surface area contributed by atoms with E-state index in [4.69, 9.17) is 0 Å². The van der Waals surface area contributed by atoms with Gasteiger partial charge in [-0.15, -0.1) is 0 Å². The molecule has 0 amide bonds. The van der Waals surface area contributed by atoms with E-state index in [9.17, 15) is 0 Å². The van der Waals surface area contributed by atoms with Gasteiger partial charge in [-0.2, -0.15) is 0 Å². The smallest absolute Gasteiger partial charge is 0.0384 e. The molecule has 2 atom stereocenters. The van der Waals surface area contributed by atoms with E-state index in [1.54, 1.807) is 0 Å². The fourth-order valence-corrected chi connectivity index (χ4v) is 6.62. The highest BCUT2D eigenvalue weighted by Gasteiger charge is 2.37. The number of hydrogen-bond donors (Lipinski definition) is 2. The zero-order chi connectivity index (χ0) is 27.9. The van der Waals surface area contributed by atoms with Crippen LogP contribution in [0.3, 0.4) is 0 Å². The Kier molecular flexibility index (Phi) is 5.97. The molecule has 5 aromatic carbocycles. The molecule has 8 rings (SSSR count). The molecule has 0 heterocycles. The molecule has 2 heteroatoms. The molecule has 0 bridgehead atoms. The first kappa shape index (κ1) is 24.5. The maximum Gasteiger partial charge on any atom is 0.0384 e. The molecule has 0 saturated carbocycles. The van der Waals surface area contributed by atoms with E-state index in [0.29, 0.717) is 11.8 Å². The summed E-state index contributed by atoms with van der Waals surface area (Å²) in [4.78, 5) is 0. The van der Waals surface area contributed by atoms with Crippen LogP contribution < -0.4 is 10.6 Å². The molecule has 200 valence electrons. The Morgan fingerprint density at radius 1 is 0.476 bits per heavy atom. The Morgan fingerprint density at radius 3 is 1.71 bits per heavy atom. The van der Waals surface area contributed by atoms with Crippen LogP contribution in [0.15, 0.2) is 151 Å². The number of hydrogen-bond acceptors (Lipinski definition) is 2. The zero-order valence-electron chi connectivity index (χ0n) is 23.2. The molecule has 42 heavy (non-hydrogen) atoms. The van der Waals surface area contributed by atoms with E-state index >= 15 is 0 Å². The number of para-hydroxylation sites is 2. The van der Waals surface area contributed by atoms with E-state index in [2.05, 4.69) is 156 Å². The van der Waals surface area contributed by atoms with Crippen LogP contribution in [0.25, 0.3) is 28.9 Å². The molecule has 0 aromatic heterocycles. The van der Waals surface area contributed by atoms with Gasteiger partial charge in [-0.1, -0.05) is 109 Å². The Labute approximate surface area is 247 Å². The third-order valence-corrected chi connectivity index (χ3v) is 8.63. The summed E-state index contributed by atoms with van der Waals surface area (Å²) in [5.41, 5.74) is 15.1. The number of allylic oxidation sites excluding steroid dienone is 6. The van der Waals surface area contributed by atoms with Crippen LogP contribution in [-0.2, 0) is 0 Å². The molecular weight excluding hydrogens is 508 g/mol. The molecular formula is C40H30N2. The van der Waals surface area contributed by atoms with Crippen LogP contribution in [0.5, 0.6) is 0 Å². The molecule has 0 saturated heterocycles. The van der Waals surface area contributed by atoms with Crippen molar-refractivity contribution in [3.05, 3.63) is 173 Å². The van der Waals surface area contributed by atoms with Crippen LogP contribution in [0, 0.1) is 5.92 Å². The van der Waals surface area contributed by atoms with Crippen LogP contribution in [0.4, 0.5) is 22.7 Å². The van der Waals surface area contributed by atoms with E-state index in [-0.39, 0.29) is 0 Å². The maximum atomic E-state index is 3.51. The molecule has 5 aromatic rings. The third-order valence-electron chi connectivity index (χ3n) is 8.63. The van der Waals surface area contributed by atoms with E-state index in [1.807, 2.05) is 12.1 Å². The highest BCUT2D eigenvalue weighted by Crippen LogP contribution is 2.53. The second kappa shape index (κ2) is 10.2. The summed E-state index contributed by atoms with van der Waals surface area (Å²) < 4.78 is 0. The average Bonchev–Trinajstić information content (AvgIpc) is 3.05. The largest absolute Gasteiger partial charge is 0.356 e. The monoisotopic (exact) mass is 538 g/mol. The van der Waals surface area contributed by atoms with Crippen LogP contribution >= 0.6 is 0 Å². The molecule has 3 aliphatic rings. The van der Waals surface area contributed by atoms with E-state index in [1.165, 1.54) is 44.5 Å². The summed E-state index contributed by atoms with van der Waals surface area (Å²) in [6.07, 6.45) is 14.0. The van der Waals surface area contributed by atoms with Crippen LogP contribution in [0.1, 0.15) is 28.2 Å². The Balaban J connectivity index is 1.10. The molecule has 3 aliphatic carbocycles. The third kappa shape index (κ3) is 4.38. The topological polar surface area (TPSA) is 24.1 Å². The van der Waals surface area contributed by atoms with Gasteiger partial charge in [-0.3, -0.25) is 0 Å². The van der Waals surface area contributed by atoms with Gasteiger partial charge in [0.05, 0.1) is 0 Å². The molecule has 0 aliphatic heterocycles. The predicted molar refractivity (Wildman–Crippen MR) is 178 cm³/mol. The Hall–Kier alpha value is -5.34. The first-order valence-electron chi connectivity index (χ1n) is 14.6. The minimum absolute atomic E-state index is 0.307. The van der Waals surface area contributed by atoms with Gasteiger partial charge in [0, 0.05) is 34.6 Å². The first-order valence-corrected chi connectivity index (χ1v) is 14.6. The maximum absolute atomic E-state index is 3.51. The van der Waals surface area contributed by atoms with Gasteiger partial charge >= 0.3 is 0 Å². The second-order valence-corrected chi connectivity index (χ2v) is 11.2. The van der Waals surface area contributed by atoms with Crippen LogP contribution in [-0.4, -0.2) is 0 Å². The van der Waals surface area contributed by atoms with Crippen LogP contribution in [0.2, 0.25) is 0 Å². The van der Waals surface area contributed by atoms with E-state index < -0.39 is 0 Å². The lowest BCUT2D eigenvalue weighted by Crippen LogP contribution is -2.23. The second-order valence-electron chi connectivity index (χ2n) is 11.2. The molecule has 2 unspecified atom stereocenters. The summed E-state index contributed by atoms with van der Waals surface area (Å²) in [5.74, 6) is 0.632. The van der Waals surface area contributed by atoms with Crippen molar-refractivity contribution in [2.24, 2.45) is 5.92 Å². The molecule has 2 N–H and O–H groups in total. The normalized spacial score (nSPS) is 17.6. The summed E-state index contributed by atoms with van der Waals surface area (Å²) >= 11 is 0. The first-order chi connectivity index (χ1) is 20.8. The number of rotatable bonds is 6. The van der Waals surface area contributed by atoms with E-state index in [0.717, 1.165) is 22.7 Å². The molecule has 0 fully saturated rings. The van der Waals surface area contributed by atoms with Gasteiger partial charge in [-0.25, -0.2) is 0 Å². The van der Waals surface area contributed by atoms with Crippen molar-refractivity contribution in [1.29, 1.82) is 0 Å². The molecule has 0 spiro atoms. The number of anilines is 4. The average molecular weight is 539 g/mol. The minimum atomic E-state index is 0.307. The van der Waals surface area contributed by atoms with Gasteiger partial charge in [0.15, 0.2) is 0 Å². The van der Waals surface area contributed by atoms with Crippen molar-refractivity contribution < 1.29 is 0 Å². The van der Waals surface area contributed by atoms with Crippen molar-refractivity contribution in [3.8, 4) is 11.1 Å². The fourth-order valence-electron chi connectivity index (χ4n) is 6.62. The lowest BCUT2D eigenvalue weighted by molar-refractivity contribution is 0.681.